The van der Waals surface area contributed by atoms with Crippen LogP contribution in [0.2, 0.25) is 0 Å². The van der Waals surface area contributed by atoms with Crippen LogP contribution in [0, 0.1) is 0 Å². The van der Waals surface area contributed by atoms with Gasteiger partial charge in [-0.3, -0.25) is 0 Å². The van der Waals surface area contributed by atoms with Crippen LogP contribution in [-0.2, 0) is 19.2 Å². The summed E-state index contributed by atoms with van der Waals surface area (Å²) in [4.78, 5) is 35.6. The van der Waals surface area contributed by atoms with Gasteiger partial charge in [0, 0.05) is 23.9 Å². The fourth-order valence-corrected chi connectivity index (χ4v) is 0. The van der Waals surface area contributed by atoms with E-state index in [1.807, 2.05) is 0 Å². The van der Waals surface area contributed by atoms with Gasteiger partial charge in [-0.15, -0.1) is 0 Å². The second-order valence-electron chi connectivity index (χ2n) is 1.97. The molecule has 0 aliphatic heterocycles. The number of rotatable bonds is 0. The number of carboxylic acid groups (broad SMARTS) is 4. The molecule has 0 aliphatic carbocycles. The maximum absolute atomic E-state index is 8.89. The van der Waals surface area contributed by atoms with Crippen LogP contribution in [0.15, 0.2) is 0 Å². The van der Waals surface area contributed by atoms with Crippen molar-refractivity contribution in [3.8, 4) is 0 Å². The standard InChI is InChI=1S/4C2H4O2.Ba.Sr/c4*1-2(3)4;;/h4*1H3,(H,3,4);;/q;;;;2*+2/p-4. The fraction of sp³-hybridized carbons (Fsp3) is 0.500. The van der Waals surface area contributed by atoms with E-state index < -0.39 is 23.9 Å². The van der Waals surface area contributed by atoms with Gasteiger partial charge in [0.15, 0.2) is 0 Å². The van der Waals surface area contributed by atoms with Crippen molar-refractivity contribution in [1.82, 2.24) is 0 Å². The first-order chi connectivity index (χ1) is 6.93. The number of aliphatic carboxylic acids is 4. The molecule has 0 saturated carbocycles. The zero-order chi connectivity index (χ0) is 14.3. The Morgan fingerprint density at radius 3 is 0.556 bits per heavy atom. The molecular weight excluding hydrogens is 449 g/mol. The zero-order valence-corrected chi connectivity index (χ0v) is 18.6. The molecule has 0 amide bonds. The van der Waals surface area contributed by atoms with Gasteiger partial charge in [-0.05, 0) is 27.7 Å². The van der Waals surface area contributed by atoms with Crippen molar-refractivity contribution in [1.29, 1.82) is 0 Å². The Kier molecular flexibility index (Phi) is 62.2. The quantitative estimate of drug-likeness (QED) is 0.323. The smallest absolute Gasteiger partial charge is 0.550 e. The largest absolute Gasteiger partial charge is 2.00 e. The summed E-state index contributed by atoms with van der Waals surface area (Å²) in [6.45, 7) is 3.89. The minimum atomic E-state index is -1.08. The normalized spacial score (nSPS) is 5.56. The summed E-state index contributed by atoms with van der Waals surface area (Å²) in [7, 11) is 0. The molecule has 0 rings (SSSR count). The van der Waals surface area contributed by atoms with Gasteiger partial charge in [-0.1, -0.05) is 0 Å². The molecule has 0 aliphatic rings. The fourth-order valence-electron chi connectivity index (χ4n) is 0. The van der Waals surface area contributed by atoms with Crippen LogP contribution >= 0.6 is 0 Å². The molecule has 0 spiro atoms. The number of carboxylic acids is 4. The van der Waals surface area contributed by atoms with E-state index in [4.69, 9.17) is 39.6 Å². The Labute approximate surface area is 182 Å². The van der Waals surface area contributed by atoms with Crippen molar-refractivity contribution in [2.24, 2.45) is 0 Å². The summed E-state index contributed by atoms with van der Waals surface area (Å²) in [5.74, 6) is -4.33. The first kappa shape index (κ1) is 36.4. The maximum Gasteiger partial charge on any atom is 2.00 e. The second kappa shape index (κ2) is 30.7. The molecule has 18 heavy (non-hydrogen) atoms. The minimum absolute atomic E-state index is 0. The topological polar surface area (TPSA) is 161 Å². The molecule has 10 heteroatoms. The van der Waals surface area contributed by atoms with E-state index in [9.17, 15) is 0 Å². The van der Waals surface area contributed by atoms with Crippen LogP contribution in [0.25, 0.3) is 0 Å². The predicted molar refractivity (Wildman–Crippen MR) is 54.2 cm³/mol. The molecule has 0 aromatic carbocycles. The average Bonchev–Trinajstić information content (AvgIpc) is 1.76. The van der Waals surface area contributed by atoms with Crippen LogP contribution < -0.4 is 20.4 Å². The van der Waals surface area contributed by atoms with E-state index in [1.54, 1.807) is 0 Å². The molecule has 0 bridgehead atoms. The summed E-state index contributed by atoms with van der Waals surface area (Å²) in [6, 6.07) is 0. The van der Waals surface area contributed by atoms with Crippen LogP contribution in [-0.4, -0.2) is 118 Å². The Hall–Kier alpha value is 0.932. The van der Waals surface area contributed by atoms with Gasteiger partial charge in [-0.25, -0.2) is 0 Å². The van der Waals surface area contributed by atoms with Crippen molar-refractivity contribution < 1.29 is 39.6 Å². The first-order valence-electron chi connectivity index (χ1n) is 3.63. The molecule has 96 valence electrons. The van der Waals surface area contributed by atoms with Crippen molar-refractivity contribution in [3.63, 3.8) is 0 Å². The summed E-state index contributed by atoms with van der Waals surface area (Å²) in [5.41, 5.74) is 0. The van der Waals surface area contributed by atoms with Gasteiger partial charge in [-0.2, -0.15) is 0 Å². The average molecular weight is 461 g/mol. The Morgan fingerprint density at radius 2 is 0.556 bits per heavy atom. The SMILES string of the molecule is CC(=O)[O-].CC(=O)[O-].CC(=O)[O-].CC(=O)[O-].[Ba+2].[Sr+2]. The van der Waals surface area contributed by atoms with Crippen LogP contribution in [0.1, 0.15) is 27.7 Å². The van der Waals surface area contributed by atoms with Gasteiger partial charge in [0.05, 0.1) is 0 Å². The molecular formula is C8H12BaO8Sr. The monoisotopic (exact) mass is 462 g/mol. The van der Waals surface area contributed by atoms with Gasteiger partial charge >= 0.3 is 94.4 Å². The predicted octanol–water partition coefficient (Wildman–Crippen LogP) is -5.74. The number of hydrogen-bond acceptors (Lipinski definition) is 8. The Bertz CT molecular complexity index is 167. The van der Waals surface area contributed by atoms with E-state index in [2.05, 4.69) is 0 Å². The summed E-state index contributed by atoms with van der Waals surface area (Å²) in [6.07, 6.45) is 0. The third-order valence-electron chi connectivity index (χ3n) is 0. The molecule has 0 aromatic rings. The minimum Gasteiger partial charge on any atom is -0.550 e. The molecule has 0 unspecified atom stereocenters. The first-order valence-corrected chi connectivity index (χ1v) is 3.63. The molecule has 0 saturated heterocycles. The third kappa shape index (κ3) is 4950. The van der Waals surface area contributed by atoms with E-state index in [0.717, 1.165) is 27.7 Å². The molecule has 8 nitrogen and oxygen atoms in total. The van der Waals surface area contributed by atoms with E-state index in [-0.39, 0.29) is 94.4 Å². The van der Waals surface area contributed by atoms with Crippen molar-refractivity contribution in [2.45, 2.75) is 27.7 Å². The molecule has 0 heterocycles. The number of carbonyl (C=O) groups is 4. The van der Waals surface area contributed by atoms with Crippen LogP contribution in [0.5, 0.6) is 0 Å². The van der Waals surface area contributed by atoms with Gasteiger partial charge in [0.25, 0.3) is 0 Å². The zero-order valence-electron chi connectivity index (χ0n) is 10.7. The van der Waals surface area contributed by atoms with Crippen LogP contribution in [0.3, 0.4) is 0 Å². The Morgan fingerprint density at radius 1 is 0.556 bits per heavy atom. The number of carbonyl (C=O) groups excluding carboxylic acids is 4. The molecule has 0 radical (unpaired) electrons. The van der Waals surface area contributed by atoms with Gasteiger partial charge in [0.2, 0.25) is 0 Å². The van der Waals surface area contributed by atoms with E-state index in [0.29, 0.717) is 0 Å². The summed E-state index contributed by atoms with van der Waals surface area (Å²) in [5, 5.41) is 35.6. The maximum atomic E-state index is 8.89. The van der Waals surface area contributed by atoms with Crippen molar-refractivity contribution in [3.05, 3.63) is 0 Å². The summed E-state index contributed by atoms with van der Waals surface area (Å²) < 4.78 is 0. The van der Waals surface area contributed by atoms with Crippen LogP contribution in [0.4, 0.5) is 0 Å². The van der Waals surface area contributed by atoms with E-state index >= 15 is 0 Å². The molecule has 0 atom stereocenters. The second-order valence-corrected chi connectivity index (χ2v) is 1.97. The van der Waals surface area contributed by atoms with Crippen molar-refractivity contribution in [2.75, 3.05) is 0 Å². The molecule has 0 aromatic heterocycles. The molecule has 0 fully saturated rings. The Balaban J connectivity index is -0.0000000257. The van der Waals surface area contributed by atoms with Gasteiger partial charge < -0.3 is 39.6 Å². The molecule has 0 N–H and O–H groups in total. The van der Waals surface area contributed by atoms with E-state index in [1.165, 1.54) is 0 Å². The van der Waals surface area contributed by atoms with Gasteiger partial charge in [0.1, 0.15) is 0 Å². The summed E-state index contributed by atoms with van der Waals surface area (Å²) >= 11 is 0. The van der Waals surface area contributed by atoms with Crippen molar-refractivity contribution >= 4 is 118 Å². The third-order valence-corrected chi connectivity index (χ3v) is 0. The number of hydrogen-bond donors (Lipinski definition) is 0.